The summed E-state index contributed by atoms with van der Waals surface area (Å²) in [6, 6.07) is 8.05. The highest BCUT2D eigenvalue weighted by atomic mass is 127. The Morgan fingerprint density at radius 1 is 1.27 bits per heavy atom. The van der Waals surface area contributed by atoms with Gasteiger partial charge in [-0.15, -0.1) is 24.0 Å². The van der Waals surface area contributed by atoms with E-state index in [-0.39, 0.29) is 24.0 Å². The third kappa shape index (κ3) is 9.59. The molecule has 26 heavy (non-hydrogen) atoms. The van der Waals surface area contributed by atoms with Crippen LogP contribution in [0.2, 0.25) is 0 Å². The van der Waals surface area contributed by atoms with Gasteiger partial charge in [0.1, 0.15) is 5.75 Å². The number of methoxy groups -OCH3 is 1. The van der Waals surface area contributed by atoms with Crippen LogP contribution >= 0.6 is 24.0 Å². The van der Waals surface area contributed by atoms with E-state index in [1.165, 1.54) is 18.4 Å². The first-order valence-corrected chi connectivity index (χ1v) is 9.12. The maximum absolute atomic E-state index is 9.95. The van der Waals surface area contributed by atoms with E-state index in [2.05, 4.69) is 27.8 Å². The van der Waals surface area contributed by atoms with Crippen molar-refractivity contribution in [2.75, 3.05) is 40.0 Å². The molecule has 1 aliphatic rings. The first-order valence-electron chi connectivity index (χ1n) is 9.12. The first-order chi connectivity index (χ1) is 12.2. The predicted octanol–water partition coefficient (Wildman–Crippen LogP) is 2.20. The smallest absolute Gasteiger partial charge is 0.191 e. The van der Waals surface area contributed by atoms with Crippen molar-refractivity contribution in [3.8, 4) is 5.75 Å². The lowest BCUT2D eigenvalue weighted by atomic mass is 10.1. The van der Waals surface area contributed by atoms with Crippen molar-refractivity contribution in [3.63, 3.8) is 0 Å². The van der Waals surface area contributed by atoms with Crippen LogP contribution in [0.15, 0.2) is 29.3 Å². The number of halogens is 1. The lowest BCUT2D eigenvalue weighted by molar-refractivity contribution is 0.0368. The number of aliphatic hydroxyl groups excluding tert-OH is 1. The third-order valence-electron chi connectivity index (χ3n) is 4.03. The maximum Gasteiger partial charge on any atom is 0.191 e. The second-order valence-electron chi connectivity index (χ2n) is 6.38. The monoisotopic (exact) mass is 477 g/mol. The Kier molecular flexibility index (Phi) is 11.6. The molecule has 1 aromatic carbocycles. The summed E-state index contributed by atoms with van der Waals surface area (Å²) < 4.78 is 10.7. The summed E-state index contributed by atoms with van der Waals surface area (Å²) in [5.74, 6) is 2.30. The van der Waals surface area contributed by atoms with Crippen LogP contribution in [0.5, 0.6) is 5.75 Å². The zero-order chi connectivity index (χ0) is 17.9. The SMILES string of the molecule is CCNC(=NCC(O)COCC1CC1)NCCc1ccc(OC)cc1.I. The molecule has 1 aromatic rings. The Morgan fingerprint density at radius 3 is 2.62 bits per heavy atom. The summed E-state index contributed by atoms with van der Waals surface area (Å²) in [4.78, 5) is 4.43. The lowest BCUT2D eigenvalue weighted by Crippen LogP contribution is -2.39. The van der Waals surface area contributed by atoms with Gasteiger partial charge in [0.2, 0.25) is 0 Å². The Balaban J connectivity index is 0.00000338. The molecule has 0 radical (unpaired) electrons. The van der Waals surface area contributed by atoms with Crippen LogP contribution in [0.4, 0.5) is 0 Å². The van der Waals surface area contributed by atoms with E-state index in [1.54, 1.807) is 7.11 Å². The molecule has 0 heterocycles. The number of benzene rings is 1. The lowest BCUT2D eigenvalue weighted by Gasteiger charge is -2.13. The molecule has 0 spiro atoms. The van der Waals surface area contributed by atoms with Crippen LogP contribution in [0.25, 0.3) is 0 Å². The second-order valence-corrected chi connectivity index (χ2v) is 6.38. The molecule has 0 amide bonds. The van der Waals surface area contributed by atoms with Crippen LogP contribution in [0.3, 0.4) is 0 Å². The number of nitrogens with zero attached hydrogens (tertiary/aromatic N) is 1. The Hall–Kier alpha value is -1.06. The van der Waals surface area contributed by atoms with E-state index in [9.17, 15) is 5.11 Å². The Labute approximate surface area is 173 Å². The fraction of sp³-hybridized carbons (Fsp3) is 0.632. The molecule has 148 valence electrons. The van der Waals surface area contributed by atoms with Crippen molar-refractivity contribution in [2.45, 2.75) is 32.3 Å². The average molecular weight is 477 g/mol. The molecule has 1 fully saturated rings. The largest absolute Gasteiger partial charge is 0.497 e. The van der Waals surface area contributed by atoms with Crippen molar-refractivity contribution in [1.29, 1.82) is 0 Å². The quantitative estimate of drug-likeness (QED) is 0.259. The molecule has 1 unspecified atom stereocenters. The highest BCUT2D eigenvalue weighted by Crippen LogP contribution is 2.28. The number of hydrogen-bond donors (Lipinski definition) is 3. The third-order valence-corrected chi connectivity index (χ3v) is 4.03. The van der Waals surface area contributed by atoms with Crippen LogP contribution in [0.1, 0.15) is 25.3 Å². The van der Waals surface area contributed by atoms with Crippen LogP contribution < -0.4 is 15.4 Å². The van der Waals surface area contributed by atoms with E-state index in [0.717, 1.165) is 37.8 Å². The molecule has 0 bridgehead atoms. The van der Waals surface area contributed by atoms with Gasteiger partial charge < -0.3 is 25.2 Å². The Bertz CT molecular complexity index is 521. The van der Waals surface area contributed by atoms with Gasteiger partial charge in [-0.05, 0) is 49.8 Å². The van der Waals surface area contributed by atoms with Gasteiger partial charge >= 0.3 is 0 Å². The molecular formula is C19H32IN3O3. The molecule has 1 aliphatic carbocycles. The molecule has 1 atom stereocenters. The van der Waals surface area contributed by atoms with E-state index < -0.39 is 6.10 Å². The molecule has 6 nitrogen and oxygen atoms in total. The van der Waals surface area contributed by atoms with Crippen molar-refractivity contribution >= 4 is 29.9 Å². The standard InChI is InChI=1S/C19H31N3O3.HI/c1-3-20-19(22-12-17(23)14-25-13-16-4-5-16)21-11-10-15-6-8-18(24-2)9-7-15;/h6-9,16-17,23H,3-5,10-14H2,1-2H3,(H2,20,21,22);1H. The van der Waals surface area contributed by atoms with Gasteiger partial charge in [-0.2, -0.15) is 0 Å². The predicted molar refractivity (Wildman–Crippen MR) is 116 cm³/mol. The van der Waals surface area contributed by atoms with Crippen LogP contribution in [0, 0.1) is 5.92 Å². The first kappa shape index (κ1) is 23.0. The van der Waals surface area contributed by atoms with Crippen LogP contribution in [-0.4, -0.2) is 57.1 Å². The van der Waals surface area contributed by atoms with Gasteiger partial charge in [0.25, 0.3) is 0 Å². The normalized spacial score (nSPS) is 15.1. The number of aliphatic imine (C=N–C) groups is 1. The van der Waals surface area contributed by atoms with Crippen molar-refractivity contribution < 1.29 is 14.6 Å². The number of ether oxygens (including phenoxy) is 2. The molecule has 0 saturated heterocycles. The molecule has 0 aliphatic heterocycles. The number of rotatable bonds is 11. The van der Waals surface area contributed by atoms with E-state index >= 15 is 0 Å². The minimum absolute atomic E-state index is 0. The molecule has 3 N–H and O–H groups in total. The second kappa shape index (κ2) is 13.2. The van der Waals surface area contributed by atoms with E-state index in [4.69, 9.17) is 9.47 Å². The Morgan fingerprint density at radius 2 is 2.00 bits per heavy atom. The number of nitrogens with one attached hydrogen (secondary N) is 2. The highest BCUT2D eigenvalue weighted by molar-refractivity contribution is 14.0. The molecule has 1 saturated carbocycles. The van der Waals surface area contributed by atoms with Crippen molar-refractivity contribution in [1.82, 2.24) is 10.6 Å². The number of aliphatic hydroxyl groups is 1. The van der Waals surface area contributed by atoms with Gasteiger partial charge in [0.05, 0.1) is 26.4 Å². The fourth-order valence-electron chi connectivity index (χ4n) is 2.36. The van der Waals surface area contributed by atoms with Gasteiger partial charge in [0, 0.05) is 19.7 Å². The topological polar surface area (TPSA) is 75.1 Å². The minimum Gasteiger partial charge on any atom is -0.497 e. The molecule has 0 aromatic heterocycles. The number of guanidine groups is 1. The number of hydrogen-bond acceptors (Lipinski definition) is 4. The van der Waals surface area contributed by atoms with E-state index in [1.807, 2.05) is 19.1 Å². The van der Waals surface area contributed by atoms with Gasteiger partial charge in [0.15, 0.2) is 5.96 Å². The highest BCUT2D eigenvalue weighted by Gasteiger charge is 2.21. The molecular weight excluding hydrogens is 445 g/mol. The molecule has 2 rings (SSSR count). The summed E-state index contributed by atoms with van der Waals surface area (Å²) in [6.07, 6.45) is 2.85. The summed E-state index contributed by atoms with van der Waals surface area (Å²) in [5.41, 5.74) is 1.23. The zero-order valence-electron chi connectivity index (χ0n) is 15.7. The van der Waals surface area contributed by atoms with Gasteiger partial charge in [-0.3, -0.25) is 4.99 Å². The van der Waals surface area contributed by atoms with Crippen LogP contribution in [-0.2, 0) is 11.2 Å². The fourth-order valence-corrected chi connectivity index (χ4v) is 2.36. The summed E-state index contributed by atoms with van der Waals surface area (Å²) >= 11 is 0. The summed E-state index contributed by atoms with van der Waals surface area (Å²) in [6.45, 7) is 5.03. The minimum atomic E-state index is -0.559. The van der Waals surface area contributed by atoms with Gasteiger partial charge in [-0.25, -0.2) is 0 Å². The zero-order valence-corrected chi connectivity index (χ0v) is 18.1. The molecule has 7 heteroatoms. The average Bonchev–Trinajstić information content (AvgIpc) is 3.44. The van der Waals surface area contributed by atoms with Crippen molar-refractivity contribution in [2.24, 2.45) is 10.9 Å². The van der Waals surface area contributed by atoms with Crippen molar-refractivity contribution in [3.05, 3.63) is 29.8 Å². The summed E-state index contributed by atoms with van der Waals surface area (Å²) in [7, 11) is 1.67. The van der Waals surface area contributed by atoms with E-state index in [0.29, 0.717) is 19.1 Å². The maximum atomic E-state index is 9.95. The van der Waals surface area contributed by atoms with Gasteiger partial charge in [-0.1, -0.05) is 12.1 Å². The summed E-state index contributed by atoms with van der Waals surface area (Å²) in [5, 5.41) is 16.4.